The standard InChI is InChI=1S/C23H33ClN2O/c1-17-12-20(24)14-21(13-17)25-22(27)19-6-9-23(10-7-19)15-26(16-23)11-8-18-4-2-3-5-18/h12-14,18-19H,2-11,15-16H2,1H3,(H,25,27). The number of anilines is 1. The van der Waals surface area contributed by atoms with Crippen molar-refractivity contribution in [1.82, 2.24) is 4.90 Å². The van der Waals surface area contributed by atoms with E-state index in [0.29, 0.717) is 10.4 Å². The second kappa shape index (κ2) is 8.13. The first-order valence-electron chi connectivity index (χ1n) is 10.8. The lowest BCUT2D eigenvalue weighted by Gasteiger charge is -2.53. The molecule has 148 valence electrons. The highest BCUT2D eigenvalue weighted by atomic mass is 35.5. The Hall–Kier alpha value is -1.06. The maximum absolute atomic E-state index is 12.7. The molecular weight excluding hydrogens is 356 g/mol. The number of amides is 1. The minimum atomic E-state index is 0.155. The van der Waals surface area contributed by atoms with Crippen molar-refractivity contribution in [2.24, 2.45) is 17.3 Å². The summed E-state index contributed by atoms with van der Waals surface area (Å²) in [7, 11) is 0. The van der Waals surface area contributed by atoms with E-state index in [2.05, 4.69) is 10.2 Å². The first-order valence-corrected chi connectivity index (χ1v) is 11.2. The molecule has 2 aliphatic carbocycles. The molecule has 1 spiro atoms. The van der Waals surface area contributed by atoms with Crippen LogP contribution in [-0.2, 0) is 4.79 Å². The summed E-state index contributed by atoms with van der Waals surface area (Å²) < 4.78 is 0. The Kier molecular flexibility index (Phi) is 5.80. The summed E-state index contributed by atoms with van der Waals surface area (Å²) in [4.78, 5) is 15.3. The van der Waals surface area contributed by atoms with Crippen LogP contribution in [0.3, 0.4) is 0 Å². The van der Waals surface area contributed by atoms with Gasteiger partial charge in [0, 0.05) is 29.7 Å². The second-order valence-electron chi connectivity index (χ2n) is 9.43. The minimum absolute atomic E-state index is 0.155. The van der Waals surface area contributed by atoms with Crippen LogP contribution in [0.2, 0.25) is 5.02 Å². The minimum Gasteiger partial charge on any atom is -0.326 e. The van der Waals surface area contributed by atoms with Gasteiger partial charge < -0.3 is 10.2 Å². The number of hydrogen-bond acceptors (Lipinski definition) is 2. The molecule has 3 aliphatic rings. The van der Waals surface area contributed by atoms with Crippen LogP contribution in [0.15, 0.2) is 18.2 Å². The number of nitrogens with one attached hydrogen (secondary N) is 1. The fourth-order valence-electron chi connectivity index (χ4n) is 5.59. The summed E-state index contributed by atoms with van der Waals surface area (Å²) in [5.41, 5.74) is 2.42. The van der Waals surface area contributed by atoms with Crippen molar-refractivity contribution in [3.05, 3.63) is 28.8 Å². The zero-order valence-electron chi connectivity index (χ0n) is 16.6. The Morgan fingerprint density at radius 1 is 1.15 bits per heavy atom. The van der Waals surface area contributed by atoms with Crippen molar-refractivity contribution < 1.29 is 4.79 Å². The lowest BCUT2D eigenvalue weighted by molar-refractivity contribution is -0.123. The first kappa shape index (κ1) is 19.3. The van der Waals surface area contributed by atoms with E-state index >= 15 is 0 Å². The van der Waals surface area contributed by atoms with Crippen molar-refractivity contribution in [3.63, 3.8) is 0 Å². The highest BCUT2D eigenvalue weighted by Gasteiger charge is 2.45. The van der Waals surface area contributed by atoms with Gasteiger partial charge in [-0.1, -0.05) is 37.3 Å². The topological polar surface area (TPSA) is 32.3 Å². The SMILES string of the molecule is Cc1cc(Cl)cc(NC(=O)C2CCC3(CC2)CN(CCC2CCCC2)C3)c1. The average Bonchev–Trinajstić information content (AvgIpc) is 3.11. The fraction of sp³-hybridized carbons (Fsp3) is 0.696. The molecule has 3 nitrogen and oxygen atoms in total. The average molecular weight is 389 g/mol. The Morgan fingerprint density at radius 2 is 1.85 bits per heavy atom. The molecule has 0 aromatic heterocycles. The van der Waals surface area contributed by atoms with E-state index in [0.717, 1.165) is 30.0 Å². The molecule has 1 saturated heterocycles. The molecule has 2 saturated carbocycles. The monoisotopic (exact) mass is 388 g/mol. The zero-order chi connectivity index (χ0) is 18.9. The Balaban J connectivity index is 1.20. The third kappa shape index (κ3) is 4.68. The molecule has 0 radical (unpaired) electrons. The molecule has 0 bridgehead atoms. The molecule has 0 unspecified atom stereocenters. The van der Waals surface area contributed by atoms with Crippen LogP contribution in [0.25, 0.3) is 0 Å². The second-order valence-corrected chi connectivity index (χ2v) is 9.87. The lowest BCUT2D eigenvalue weighted by Crippen LogP contribution is -2.58. The summed E-state index contributed by atoms with van der Waals surface area (Å²) in [5, 5.41) is 3.76. The Bertz CT molecular complexity index is 647. The first-order chi connectivity index (χ1) is 13.0. The van der Waals surface area contributed by atoms with Gasteiger partial charge in [0.15, 0.2) is 0 Å². The van der Waals surface area contributed by atoms with Gasteiger partial charge in [-0.3, -0.25) is 4.79 Å². The number of aryl methyl sites for hydroxylation is 1. The molecule has 1 aromatic rings. The van der Waals surface area contributed by atoms with Crippen LogP contribution < -0.4 is 5.32 Å². The van der Waals surface area contributed by atoms with Gasteiger partial charge in [-0.15, -0.1) is 0 Å². The van der Waals surface area contributed by atoms with Gasteiger partial charge in [-0.05, 0) is 80.7 Å². The third-order valence-corrected chi connectivity index (χ3v) is 7.39. The van der Waals surface area contributed by atoms with Gasteiger partial charge in [0.25, 0.3) is 0 Å². The predicted octanol–water partition coefficient (Wildman–Crippen LogP) is 5.66. The highest BCUT2D eigenvalue weighted by molar-refractivity contribution is 6.31. The van der Waals surface area contributed by atoms with Gasteiger partial charge in [-0.2, -0.15) is 0 Å². The number of carbonyl (C=O) groups is 1. The molecule has 4 rings (SSSR count). The maximum atomic E-state index is 12.7. The largest absolute Gasteiger partial charge is 0.326 e. The molecular formula is C23H33ClN2O. The smallest absolute Gasteiger partial charge is 0.227 e. The Labute approximate surface area is 168 Å². The molecule has 1 amide bonds. The number of carbonyl (C=O) groups excluding carboxylic acids is 1. The van der Waals surface area contributed by atoms with Crippen molar-refractivity contribution in [2.45, 2.75) is 64.7 Å². The highest BCUT2D eigenvalue weighted by Crippen LogP contribution is 2.46. The van der Waals surface area contributed by atoms with Crippen LogP contribution in [-0.4, -0.2) is 30.4 Å². The van der Waals surface area contributed by atoms with Crippen LogP contribution in [0.4, 0.5) is 5.69 Å². The van der Waals surface area contributed by atoms with Gasteiger partial charge in [0.1, 0.15) is 0 Å². The van der Waals surface area contributed by atoms with E-state index in [1.165, 1.54) is 64.6 Å². The number of rotatable bonds is 5. The summed E-state index contributed by atoms with van der Waals surface area (Å²) >= 11 is 6.11. The number of halogens is 1. The molecule has 27 heavy (non-hydrogen) atoms. The van der Waals surface area contributed by atoms with Crippen molar-refractivity contribution in [3.8, 4) is 0 Å². The number of benzene rings is 1. The van der Waals surface area contributed by atoms with Crippen molar-refractivity contribution in [1.29, 1.82) is 0 Å². The number of likely N-dealkylation sites (tertiary alicyclic amines) is 1. The molecule has 3 fully saturated rings. The molecule has 1 N–H and O–H groups in total. The van der Waals surface area contributed by atoms with E-state index in [1.807, 2.05) is 25.1 Å². The summed E-state index contributed by atoms with van der Waals surface area (Å²) in [6.45, 7) is 5.83. The molecule has 0 atom stereocenters. The van der Waals surface area contributed by atoms with E-state index in [9.17, 15) is 4.79 Å². The normalized spacial score (nSPS) is 23.5. The summed E-state index contributed by atoms with van der Waals surface area (Å²) in [6.07, 6.45) is 11.7. The van der Waals surface area contributed by atoms with Crippen LogP contribution >= 0.6 is 11.6 Å². The van der Waals surface area contributed by atoms with E-state index in [-0.39, 0.29) is 11.8 Å². The maximum Gasteiger partial charge on any atom is 0.227 e. The fourth-order valence-corrected chi connectivity index (χ4v) is 5.88. The predicted molar refractivity (Wildman–Crippen MR) is 112 cm³/mol. The number of hydrogen-bond donors (Lipinski definition) is 1. The Morgan fingerprint density at radius 3 is 2.52 bits per heavy atom. The third-order valence-electron chi connectivity index (χ3n) is 7.17. The van der Waals surface area contributed by atoms with E-state index in [1.54, 1.807) is 0 Å². The van der Waals surface area contributed by atoms with Crippen LogP contribution in [0.1, 0.15) is 63.4 Å². The van der Waals surface area contributed by atoms with Gasteiger partial charge in [0.2, 0.25) is 5.91 Å². The number of nitrogens with zero attached hydrogens (tertiary/aromatic N) is 1. The van der Waals surface area contributed by atoms with Crippen molar-refractivity contribution >= 4 is 23.2 Å². The molecule has 1 aliphatic heterocycles. The van der Waals surface area contributed by atoms with Crippen LogP contribution in [0.5, 0.6) is 0 Å². The van der Waals surface area contributed by atoms with Crippen molar-refractivity contribution in [2.75, 3.05) is 25.0 Å². The van der Waals surface area contributed by atoms with Crippen LogP contribution in [0, 0.1) is 24.2 Å². The quantitative estimate of drug-likeness (QED) is 0.705. The lowest BCUT2D eigenvalue weighted by atomic mass is 9.65. The van der Waals surface area contributed by atoms with Gasteiger partial charge >= 0.3 is 0 Å². The van der Waals surface area contributed by atoms with Gasteiger partial charge in [-0.25, -0.2) is 0 Å². The van der Waals surface area contributed by atoms with E-state index in [4.69, 9.17) is 11.6 Å². The summed E-state index contributed by atoms with van der Waals surface area (Å²) in [6, 6.07) is 5.74. The molecule has 4 heteroatoms. The zero-order valence-corrected chi connectivity index (χ0v) is 17.4. The molecule has 1 heterocycles. The van der Waals surface area contributed by atoms with Gasteiger partial charge in [0.05, 0.1) is 0 Å². The van der Waals surface area contributed by atoms with E-state index < -0.39 is 0 Å². The summed E-state index contributed by atoms with van der Waals surface area (Å²) in [5.74, 6) is 1.32. The molecule has 1 aromatic carbocycles.